The lowest BCUT2D eigenvalue weighted by Crippen LogP contribution is -2.56. The summed E-state index contributed by atoms with van der Waals surface area (Å²) in [7, 11) is -1.37. The van der Waals surface area contributed by atoms with Crippen molar-refractivity contribution in [1.29, 1.82) is 0 Å². The summed E-state index contributed by atoms with van der Waals surface area (Å²) in [6, 6.07) is 3.65. The lowest BCUT2D eigenvalue weighted by atomic mass is 9.87. The molecule has 1 aromatic rings. The molecule has 1 aromatic heterocycles. The zero-order valence-electron chi connectivity index (χ0n) is 15.1. The van der Waals surface area contributed by atoms with Crippen molar-refractivity contribution in [3.63, 3.8) is 0 Å². The van der Waals surface area contributed by atoms with Crippen molar-refractivity contribution >= 4 is 27.3 Å². The van der Waals surface area contributed by atoms with Crippen LogP contribution in [0.25, 0.3) is 0 Å². The van der Waals surface area contributed by atoms with Gasteiger partial charge in [-0.15, -0.1) is 11.3 Å². The summed E-state index contributed by atoms with van der Waals surface area (Å²) in [6.07, 6.45) is 1.36. The van der Waals surface area contributed by atoms with E-state index in [0.717, 1.165) is 32.6 Å². The number of carboxylic acid groups (broad SMARTS) is 1. The van der Waals surface area contributed by atoms with Crippen molar-refractivity contribution in [2.45, 2.75) is 29.5 Å². The summed E-state index contributed by atoms with van der Waals surface area (Å²) in [6.45, 7) is 4.83. The Balaban J connectivity index is 1.73. The predicted molar refractivity (Wildman–Crippen MR) is 101 cm³/mol. The first-order chi connectivity index (χ1) is 12.4. The van der Waals surface area contributed by atoms with Gasteiger partial charge in [0.2, 0.25) is 0 Å². The summed E-state index contributed by atoms with van der Waals surface area (Å²) < 4.78 is 27.6. The SMILES string of the molecule is CN1CCN([C@@H]2CCN(S(=O)(=O)c3cccs3)C[C@@H]2CCC(=O)O)CC1. The number of piperazine rings is 1. The number of aliphatic carboxylic acids is 1. The number of carboxylic acids is 1. The van der Waals surface area contributed by atoms with E-state index in [1.54, 1.807) is 21.8 Å². The van der Waals surface area contributed by atoms with Crippen LogP contribution in [-0.4, -0.2) is 86.0 Å². The quantitative estimate of drug-likeness (QED) is 0.772. The van der Waals surface area contributed by atoms with Crippen molar-refractivity contribution in [3.05, 3.63) is 17.5 Å². The number of nitrogens with zero attached hydrogens (tertiary/aromatic N) is 3. The Morgan fingerprint density at radius 1 is 1.27 bits per heavy atom. The van der Waals surface area contributed by atoms with Crippen LogP contribution in [0.3, 0.4) is 0 Å². The number of hydrogen-bond acceptors (Lipinski definition) is 6. The Hall–Kier alpha value is -1.00. The van der Waals surface area contributed by atoms with E-state index >= 15 is 0 Å². The molecule has 0 unspecified atom stereocenters. The monoisotopic (exact) mass is 401 g/mol. The zero-order chi connectivity index (χ0) is 18.7. The highest BCUT2D eigenvalue weighted by atomic mass is 32.2. The molecule has 0 saturated carbocycles. The van der Waals surface area contributed by atoms with Crippen LogP contribution in [0.5, 0.6) is 0 Å². The van der Waals surface area contributed by atoms with Crippen molar-refractivity contribution in [2.24, 2.45) is 5.92 Å². The number of rotatable bonds is 6. The zero-order valence-corrected chi connectivity index (χ0v) is 16.7. The lowest BCUT2D eigenvalue weighted by Gasteiger charge is -2.46. The molecule has 0 aromatic carbocycles. The number of likely N-dealkylation sites (N-methyl/N-ethyl adjacent to an activating group) is 1. The van der Waals surface area contributed by atoms with E-state index in [4.69, 9.17) is 5.11 Å². The second-order valence-electron chi connectivity index (χ2n) is 7.18. The van der Waals surface area contributed by atoms with Gasteiger partial charge in [-0.05, 0) is 37.3 Å². The third kappa shape index (κ3) is 4.45. The Morgan fingerprint density at radius 2 is 2.00 bits per heavy atom. The van der Waals surface area contributed by atoms with Crippen LogP contribution in [0, 0.1) is 5.92 Å². The molecule has 7 nitrogen and oxygen atoms in total. The van der Waals surface area contributed by atoms with Crippen molar-refractivity contribution in [1.82, 2.24) is 14.1 Å². The van der Waals surface area contributed by atoms with E-state index in [1.165, 1.54) is 11.3 Å². The fraction of sp³-hybridized carbons (Fsp3) is 0.706. The van der Waals surface area contributed by atoms with Crippen molar-refractivity contribution < 1.29 is 18.3 Å². The third-order valence-electron chi connectivity index (χ3n) is 5.48. The molecule has 1 N–H and O–H groups in total. The van der Waals surface area contributed by atoms with Crippen LogP contribution in [0.2, 0.25) is 0 Å². The molecule has 3 heterocycles. The molecule has 2 saturated heterocycles. The average molecular weight is 402 g/mol. The Kier molecular flexibility index (Phi) is 6.34. The van der Waals surface area contributed by atoms with Crippen LogP contribution in [0.1, 0.15) is 19.3 Å². The number of piperidine rings is 1. The lowest BCUT2D eigenvalue weighted by molar-refractivity contribution is -0.137. The van der Waals surface area contributed by atoms with Crippen LogP contribution in [-0.2, 0) is 14.8 Å². The maximum absolute atomic E-state index is 12.9. The van der Waals surface area contributed by atoms with E-state index < -0.39 is 16.0 Å². The first kappa shape index (κ1) is 19.8. The van der Waals surface area contributed by atoms with Gasteiger partial charge in [0.05, 0.1) is 0 Å². The highest BCUT2D eigenvalue weighted by molar-refractivity contribution is 7.91. The summed E-state index contributed by atoms with van der Waals surface area (Å²) in [5.41, 5.74) is 0. The van der Waals surface area contributed by atoms with Gasteiger partial charge in [-0.1, -0.05) is 6.07 Å². The Bertz CT molecular complexity index is 700. The first-order valence-corrected chi connectivity index (χ1v) is 11.4. The molecular weight excluding hydrogens is 374 g/mol. The summed E-state index contributed by atoms with van der Waals surface area (Å²) >= 11 is 1.23. The van der Waals surface area contributed by atoms with Gasteiger partial charge < -0.3 is 10.0 Å². The highest BCUT2D eigenvalue weighted by Crippen LogP contribution is 2.31. The van der Waals surface area contributed by atoms with Gasteiger partial charge in [-0.25, -0.2) is 8.42 Å². The predicted octanol–water partition coefficient (Wildman–Crippen LogP) is 1.24. The topological polar surface area (TPSA) is 81.2 Å². The minimum absolute atomic E-state index is 0.0537. The maximum Gasteiger partial charge on any atom is 0.303 e. The number of hydrogen-bond donors (Lipinski definition) is 1. The van der Waals surface area contributed by atoms with Crippen LogP contribution < -0.4 is 0 Å². The Labute approximate surface area is 159 Å². The van der Waals surface area contributed by atoms with E-state index in [-0.39, 0.29) is 18.4 Å². The molecule has 0 radical (unpaired) electrons. The van der Waals surface area contributed by atoms with E-state index in [2.05, 4.69) is 16.8 Å². The van der Waals surface area contributed by atoms with Crippen molar-refractivity contribution in [3.8, 4) is 0 Å². The first-order valence-electron chi connectivity index (χ1n) is 9.06. The van der Waals surface area contributed by atoms with E-state index in [9.17, 15) is 13.2 Å². The number of sulfonamides is 1. The minimum Gasteiger partial charge on any atom is -0.481 e. The van der Waals surface area contributed by atoms with Gasteiger partial charge in [0.15, 0.2) is 0 Å². The highest BCUT2D eigenvalue weighted by Gasteiger charge is 2.38. The summed E-state index contributed by atoms with van der Waals surface area (Å²) in [5, 5.41) is 10.9. The molecule has 2 aliphatic rings. The maximum atomic E-state index is 12.9. The average Bonchev–Trinajstić information content (AvgIpc) is 3.16. The second-order valence-corrected chi connectivity index (χ2v) is 10.3. The van der Waals surface area contributed by atoms with Crippen molar-refractivity contribution in [2.75, 3.05) is 46.3 Å². The molecule has 0 amide bonds. The fourth-order valence-electron chi connectivity index (χ4n) is 3.97. The van der Waals surface area contributed by atoms with Gasteiger partial charge >= 0.3 is 5.97 Å². The molecule has 2 fully saturated rings. The number of thiophene rings is 1. The van der Waals surface area contributed by atoms with Gasteiger partial charge in [0.1, 0.15) is 4.21 Å². The normalized spacial score (nSPS) is 26.8. The molecule has 3 rings (SSSR count). The van der Waals surface area contributed by atoms with Gasteiger partial charge in [-0.2, -0.15) is 4.31 Å². The minimum atomic E-state index is -3.48. The summed E-state index contributed by atoms with van der Waals surface area (Å²) in [5.74, 6) is -0.765. The van der Waals surface area contributed by atoms with Crippen LogP contribution in [0.15, 0.2) is 21.7 Å². The fourth-order valence-corrected chi connectivity index (χ4v) is 6.63. The molecule has 0 aliphatic carbocycles. The van der Waals surface area contributed by atoms with E-state index in [1.807, 2.05) is 0 Å². The molecule has 146 valence electrons. The molecule has 0 bridgehead atoms. The van der Waals surface area contributed by atoms with E-state index in [0.29, 0.717) is 23.7 Å². The third-order valence-corrected chi connectivity index (χ3v) is 8.72. The van der Waals surface area contributed by atoms with Gasteiger partial charge in [0, 0.05) is 51.7 Å². The van der Waals surface area contributed by atoms with Gasteiger partial charge in [0.25, 0.3) is 10.0 Å². The summed E-state index contributed by atoms with van der Waals surface area (Å²) in [4.78, 5) is 15.8. The largest absolute Gasteiger partial charge is 0.481 e. The standard InChI is InChI=1S/C17H27N3O4S2/c1-18-8-10-19(11-9-18)15-6-7-20(13-14(15)4-5-16(21)22)26(23,24)17-3-2-12-25-17/h2-3,12,14-15H,4-11,13H2,1H3,(H,21,22)/t14-,15+/m0/s1. The van der Waals surface area contributed by atoms with Gasteiger partial charge in [-0.3, -0.25) is 9.69 Å². The smallest absolute Gasteiger partial charge is 0.303 e. The second kappa shape index (κ2) is 8.35. The molecule has 9 heteroatoms. The molecule has 26 heavy (non-hydrogen) atoms. The molecule has 0 spiro atoms. The number of carbonyl (C=O) groups is 1. The molecular formula is C17H27N3O4S2. The molecule has 2 atom stereocenters. The molecule has 2 aliphatic heterocycles. The van der Waals surface area contributed by atoms with Crippen LogP contribution in [0.4, 0.5) is 0 Å². The Morgan fingerprint density at radius 3 is 2.62 bits per heavy atom. The van der Waals surface area contributed by atoms with Crippen LogP contribution >= 0.6 is 11.3 Å².